The highest BCUT2D eigenvalue weighted by Gasteiger charge is 2.23. The van der Waals surface area contributed by atoms with Gasteiger partial charge in [-0.25, -0.2) is 9.18 Å². The minimum Gasteiger partial charge on any atom is -0.305 e. The van der Waals surface area contributed by atoms with E-state index in [-0.39, 0.29) is 17.5 Å². The Balaban J connectivity index is 2.04. The van der Waals surface area contributed by atoms with E-state index in [4.69, 9.17) is 0 Å². The summed E-state index contributed by atoms with van der Waals surface area (Å²) in [6, 6.07) is 4.66. The number of hydrogen-bond acceptors (Lipinski definition) is 2. The minimum atomic E-state index is -0.320. The molecule has 0 bridgehead atoms. The SMILES string of the molecule is CCN1CCCC(n2c(=O)[nH]c3cc(F)ccc32)C1. The number of nitrogens with zero attached hydrogens (tertiary/aromatic N) is 2. The van der Waals surface area contributed by atoms with Gasteiger partial charge in [0.05, 0.1) is 17.1 Å². The summed E-state index contributed by atoms with van der Waals surface area (Å²) in [7, 11) is 0. The Hall–Kier alpha value is -1.62. The fraction of sp³-hybridized carbons (Fsp3) is 0.500. The van der Waals surface area contributed by atoms with E-state index in [0.29, 0.717) is 5.52 Å². The maximum atomic E-state index is 13.2. The lowest BCUT2D eigenvalue weighted by atomic mass is 10.1. The Labute approximate surface area is 110 Å². The van der Waals surface area contributed by atoms with E-state index in [0.717, 1.165) is 38.0 Å². The molecule has 1 fully saturated rings. The molecule has 0 radical (unpaired) electrons. The first-order valence-electron chi connectivity index (χ1n) is 6.81. The molecule has 1 aliphatic rings. The van der Waals surface area contributed by atoms with E-state index in [9.17, 15) is 9.18 Å². The van der Waals surface area contributed by atoms with E-state index in [2.05, 4.69) is 16.8 Å². The number of aromatic nitrogens is 2. The topological polar surface area (TPSA) is 41.0 Å². The zero-order valence-corrected chi connectivity index (χ0v) is 11.0. The molecular weight excluding hydrogens is 245 g/mol. The third-order valence-corrected chi connectivity index (χ3v) is 3.97. The molecule has 1 atom stereocenters. The van der Waals surface area contributed by atoms with Crippen molar-refractivity contribution in [3.8, 4) is 0 Å². The number of fused-ring (bicyclic) bond motifs is 1. The largest absolute Gasteiger partial charge is 0.326 e. The van der Waals surface area contributed by atoms with E-state index in [1.54, 1.807) is 10.6 Å². The summed E-state index contributed by atoms with van der Waals surface area (Å²) in [6.07, 6.45) is 2.10. The van der Waals surface area contributed by atoms with Gasteiger partial charge in [0.2, 0.25) is 0 Å². The van der Waals surface area contributed by atoms with Crippen LogP contribution in [-0.2, 0) is 0 Å². The van der Waals surface area contributed by atoms with Gasteiger partial charge in [-0.05, 0) is 44.1 Å². The van der Waals surface area contributed by atoms with Crippen LogP contribution in [-0.4, -0.2) is 34.1 Å². The second kappa shape index (κ2) is 4.81. The number of hydrogen-bond donors (Lipinski definition) is 1. The molecule has 2 heterocycles. The Morgan fingerprint density at radius 2 is 2.32 bits per heavy atom. The third kappa shape index (κ3) is 2.18. The molecule has 1 N–H and O–H groups in total. The van der Waals surface area contributed by atoms with Crippen molar-refractivity contribution in [3.05, 3.63) is 34.5 Å². The normalized spacial score (nSPS) is 21.1. The van der Waals surface area contributed by atoms with Crippen LogP contribution in [0.15, 0.2) is 23.0 Å². The van der Waals surface area contributed by atoms with E-state index in [1.807, 2.05) is 0 Å². The number of nitrogens with one attached hydrogen (secondary N) is 1. The van der Waals surface area contributed by atoms with Gasteiger partial charge >= 0.3 is 5.69 Å². The van der Waals surface area contributed by atoms with Gasteiger partial charge in [-0.1, -0.05) is 6.92 Å². The predicted octanol–water partition coefficient (Wildman–Crippen LogP) is 2.13. The van der Waals surface area contributed by atoms with Crippen LogP contribution < -0.4 is 5.69 Å². The molecule has 0 amide bonds. The number of piperidine rings is 1. The van der Waals surface area contributed by atoms with Crippen LogP contribution in [0, 0.1) is 5.82 Å². The van der Waals surface area contributed by atoms with Crippen molar-refractivity contribution in [2.45, 2.75) is 25.8 Å². The van der Waals surface area contributed by atoms with Gasteiger partial charge in [-0.2, -0.15) is 0 Å². The van der Waals surface area contributed by atoms with Crippen LogP contribution >= 0.6 is 0 Å². The number of likely N-dealkylation sites (tertiary alicyclic amines) is 1. The number of imidazole rings is 1. The smallest absolute Gasteiger partial charge is 0.305 e. The van der Waals surface area contributed by atoms with Crippen molar-refractivity contribution >= 4 is 11.0 Å². The highest BCUT2D eigenvalue weighted by Crippen LogP contribution is 2.24. The Morgan fingerprint density at radius 1 is 1.47 bits per heavy atom. The van der Waals surface area contributed by atoms with Crippen molar-refractivity contribution in [1.29, 1.82) is 0 Å². The van der Waals surface area contributed by atoms with Crippen LogP contribution in [0.25, 0.3) is 11.0 Å². The first kappa shape index (κ1) is 12.4. The molecule has 1 unspecified atom stereocenters. The van der Waals surface area contributed by atoms with Crippen LogP contribution in [0.4, 0.5) is 4.39 Å². The maximum absolute atomic E-state index is 13.2. The van der Waals surface area contributed by atoms with Gasteiger partial charge in [0, 0.05) is 6.54 Å². The van der Waals surface area contributed by atoms with E-state index >= 15 is 0 Å². The van der Waals surface area contributed by atoms with E-state index in [1.165, 1.54) is 12.1 Å². The Kier molecular flexibility index (Phi) is 3.14. The average Bonchev–Trinajstić information content (AvgIpc) is 2.73. The first-order chi connectivity index (χ1) is 9.19. The zero-order chi connectivity index (χ0) is 13.4. The van der Waals surface area contributed by atoms with Crippen molar-refractivity contribution in [2.75, 3.05) is 19.6 Å². The number of halogens is 1. The van der Waals surface area contributed by atoms with Crippen LogP contribution in [0.3, 0.4) is 0 Å². The minimum absolute atomic E-state index is 0.136. The standard InChI is InChI=1S/C14H18FN3O/c1-2-17-7-3-4-11(9-17)18-13-6-5-10(15)8-12(13)16-14(18)19/h5-6,8,11H,2-4,7,9H2,1H3,(H,16,19). The molecule has 102 valence electrons. The molecule has 1 saturated heterocycles. The Morgan fingerprint density at radius 3 is 3.11 bits per heavy atom. The summed E-state index contributed by atoms with van der Waals surface area (Å²) >= 11 is 0. The summed E-state index contributed by atoms with van der Waals surface area (Å²) in [5, 5.41) is 0. The number of benzene rings is 1. The van der Waals surface area contributed by atoms with Gasteiger partial charge < -0.3 is 9.88 Å². The van der Waals surface area contributed by atoms with E-state index < -0.39 is 0 Å². The monoisotopic (exact) mass is 263 g/mol. The Bertz CT molecular complexity index is 646. The average molecular weight is 263 g/mol. The van der Waals surface area contributed by atoms with Gasteiger partial charge in [0.1, 0.15) is 5.82 Å². The summed E-state index contributed by atoms with van der Waals surface area (Å²) in [5.74, 6) is -0.320. The summed E-state index contributed by atoms with van der Waals surface area (Å²) in [4.78, 5) is 17.2. The molecule has 1 aromatic heterocycles. The number of H-pyrrole nitrogens is 1. The molecule has 0 spiro atoms. The zero-order valence-electron chi connectivity index (χ0n) is 11.0. The highest BCUT2D eigenvalue weighted by atomic mass is 19.1. The van der Waals surface area contributed by atoms with Crippen LogP contribution in [0.1, 0.15) is 25.8 Å². The highest BCUT2D eigenvalue weighted by molar-refractivity contribution is 5.75. The molecule has 0 aliphatic carbocycles. The van der Waals surface area contributed by atoms with Gasteiger partial charge in [0.25, 0.3) is 0 Å². The lowest BCUT2D eigenvalue weighted by molar-refractivity contribution is 0.185. The van der Waals surface area contributed by atoms with Crippen molar-refractivity contribution in [2.24, 2.45) is 0 Å². The quantitative estimate of drug-likeness (QED) is 0.901. The van der Waals surface area contributed by atoms with Gasteiger partial charge in [0.15, 0.2) is 0 Å². The molecular formula is C14H18FN3O. The van der Waals surface area contributed by atoms with Gasteiger partial charge in [-0.3, -0.25) is 4.57 Å². The van der Waals surface area contributed by atoms with Crippen LogP contribution in [0.5, 0.6) is 0 Å². The number of likely N-dealkylation sites (N-methyl/N-ethyl adjacent to an activating group) is 1. The van der Waals surface area contributed by atoms with Gasteiger partial charge in [-0.15, -0.1) is 0 Å². The molecule has 19 heavy (non-hydrogen) atoms. The number of rotatable bonds is 2. The second-order valence-electron chi connectivity index (χ2n) is 5.15. The second-order valence-corrected chi connectivity index (χ2v) is 5.15. The number of aromatic amines is 1. The lowest BCUT2D eigenvalue weighted by Gasteiger charge is -2.32. The van der Waals surface area contributed by atoms with Crippen molar-refractivity contribution in [3.63, 3.8) is 0 Å². The maximum Gasteiger partial charge on any atom is 0.326 e. The molecule has 2 aromatic rings. The fourth-order valence-corrected chi connectivity index (χ4v) is 2.99. The van der Waals surface area contributed by atoms with Crippen molar-refractivity contribution in [1.82, 2.24) is 14.5 Å². The summed E-state index contributed by atoms with van der Waals surface area (Å²) < 4.78 is 15.0. The first-order valence-corrected chi connectivity index (χ1v) is 6.81. The summed E-state index contributed by atoms with van der Waals surface area (Å²) in [5.41, 5.74) is 1.25. The third-order valence-electron chi connectivity index (χ3n) is 3.97. The molecule has 1 aromatic carbocycles. The molecule has 1 aliphatic heterocycles. The van der Waals surface area contributed by atoms with Crippen LogP contribution in [0.2, 0.25) is 0 Å². The lowest BCUT2D eigenvalue weighted by Crippen LogP contribution is -2.38. The molecule has 3 rings (SSSR count). The van der Waals surface area contributed by atoms with Crippen molar-refractivity contribution < 1.29 is 4.39 Å². The summed E-state index contributed by atoms with van der Waals surface area (Å²) in [6.45, 7) is 5.12. The fourth-order valence-electron chi connectivity index (χ4n) is 2.99. The predicted molar refractivity (Wildman–Crippen MR) is 72.9 cm³/mol. The molecule has 0 saturated carbocycles. The molecule has 5 heteroatoms. The molecule has 4 nitrogen and oxygen atoms in total.